The molecule has 1 unspecified atom stereocenters. The molecule has 1 aliphatic rings. The molecule has 0 fully saturated rings. The van der Waals surface area contributed by atoms with E-state index in [0.717, 1.165) is 27.3 Å². The van der Waals surface area contributed by atoms with Crippen LogP contribution >= 0.6 is 23.1 Å². The molecule has 0 saturated carbocycles. The molecule has 0 radical (unpaired) electrons. The van der Waals surface area contributed by atoms with Gasteiger partial charge in [-0.2, -0.15) is 0 Å². The zero-order chi connectivity index (χ0) is 21.3. The number of fused-ring (bicyclic) bond motifs is 3. The Labute approximate surface area is 183 Å². The summed E-state index contributed by atoms with van der Waals surface area (Å²) in [5.41, 5.74) is 2.02. The lowest BCUT2D eigenvalue weighted by Crippen LogP contribution is -2.29. The Morgan fingerprint density at radius 1 is 1.37 bits per heavy atom. The third-order valence-corrected chi connectivity index (χ3v) is 7.32. The van der Waals surface area contributed by atoms with E-state index in [-0.39, 0.29) is 23.4 Å². The third-order valence-electron chi connectivity index (χ3n) is 5.27. The van der Waals surface area contributed by atoms with Gasteiger partial charge in [0.1, 0.15) is 4.83 Å². The number of aromatic nitrogens is 2. The van der Waals surface area contributed by atoms with Crippen molar-refractivity contribution in [2.45, 2.75) is 44.7 Å². The van der Waals surface area contributed by atoms with E-state index in [2.05, 4.69) is 13.8 Å². The molecule has 4 rings (SSSR count). The lowest BCUT2D eigenvalue weighted by atomic mass is 9.96. The maximum absolute atomic E-state index is 13.6. The summed E-state index contributed by atoms with van der Waals surface area (Å²) in [6, 6.07) is 9.81. The average molecular weight is 445 g/mol. The van der Waals surface area contributed by atoms with E-state index in [4.69, 9.17) is 14.5 Å². The largest absolute Gasteiger partial charge is 0.468 e. The molecule has 1 aromatic carbocycles. The van der Waals surface area contributed by atoms with Crippen molar-refractivity contribution in [3.05, 3.63) is 56.7 Å². The second kappa shape index (κ2) is 8.91. The predicted octanol–water partition coefficient (Wildman–Crippen LogP) is 3.87. The normalized spacial score (nSPS) is 16.1. The van der Waals surface area contributed by atoms with Gasteiger partial charge in [-0.3, -0.25) is 14.2 Å². The number of methoxy groups -OCH3 is 1. The molecule has 0 saturated heterocycles. The Morgan fingerprint density at radius 3 is 2.83 bits per heavy atom. The molecule has 3 aromatic rings. The van der Waals surface area contributed by atoms with Crippen LogP contribution < -0.4 is 5.56 Å². The number of hydrogen-bond donors (Lipinski definition) is 0. The van der Waals surface area contributed by atoms with Crippen molar-refractivity contribution >= 4 is 39.3 Å². The smallest absolute Gasteiger partial charge is 0.316 e. The van der Waals surface area contributed by atoms with Gasteiger partial charge in [0.2, 0.25) is 0 Å². The van der Waals surface area contributed by atoms with E-state index in [9.17, 15) is 9.59 Å². The van der Waals surface area contributed by atoms with Crippen LogP contribution in [0.4, 0.5) is 0 Å². The Bertz CT molecular complexity index is 1120. The fourth-order valence-corrected chi connectivity index (χ4v) is 5.56. The summed E-state index contributed by atoms with van der Waals surface area (Å²) in [7, 11) is 1.36. The predicted molar refractivity (Wildman–Crippen MR) is 119 cm³/mol. The van der Waals surface area contributed by atoms with Crippen LogP contribution in [0.2, 0.25) is 0 Å². The zero-order valence-corrected chi connectivity index (χ0v) is 18.8. The van der Waals surface area contributed by atoms with Crippen LogP contribution in [0.3, 0.4) is 0 Å². The van der Waals surface area contributed by atoms with Crippen molar-refractivity contribution in [2.75, 3.05) is 12.9 Å². The molecule has 30 heavy (non-hydrogen) atoms. The van der Waals surface area contributed by atoms with Crippen molar-refractivity contribution in [1.82, 2.24) is 9.55 Å². The lowest BCUT2D eigenvalue weighted by Gasteiger charge is -2.26. The summed E-state index contributed by atoms with van der Waals surface area (Å²) in [4.78, 5) is 31.9. The van der Waals surface area contributed by atoms with E-state index >= 15 is 0 Å². The molecule has 1 atom stereocenters. The van der Waals surface area contributed by atoms with Crippen molar-refractivity contribution in [1.29, 1.82) is 0 Å². The lowest BCUT2D eigenvalue weighted by molar-refractivity contribution is -0.137. The minimum atomic E-state index is -0.348. The molecule has 0 amide bonds. The fraction of sp³-hybridized carbons (Fsp3) is 0.409. The number of rotatable bonds is 6. The summed E-state index contributed by atoms with van der Waals surface area (Å²) < 4.78 is 12.4. The number of thiophene rings is 1. The number of benzene rings is 1. The molecule has 0 bridgehead atoms. The second-order valence-corrected chi connectivity index (χ2v) is 9.64. The molecule has 1 aliphatic heterocycles. The van der Waals surface area contributed by atoms with E-state index in [1.165, 1.54) is 30.2 Å². The van der Waals surface area contributed by atoms with Crippen molar-refractivity contribution in [3.8, 4) is 0 Å². The molecule has 6 nitrogen and oxygen atoms in total. The van der Waals surface area contributed by atoms with Crippen molar-refractivity contribution in [3.63, 3.8) is 0 Å². The number of carbonyl (C=O) groups is 1. The van der Waals surface area contributed by atoms with Crippen LogP contribution in [0.1, 0.15) is 29.9 Å². The van der Waals surface area contributed by atoms with Gasteiger partial charge in [0.25, 0.3) is 5.56 Å². The highest BCUT2D eigenvalue weighted by Crippen LogP contribution is 2.36. The van der Waals surface area contributed by atoms with Gasteiger partial charge in [0.05, 0.1) is 37.5 Å². The number of esters is 1. The van der Waals surface area contributed by atoms with Gasteiger partial charge in [-0.1, -0.05) is 55.9 Å². The van der Waals surface area contributed by atoms with Crippen LogP contribution in [-0.4, -0.2) is 34.5 Å². The maximum atomic E-state index is 13.6. The van der Waals surface area contributed by atoms with Gasteiger partial charge in [-0.05, 0) is 17.0 Å². The third kappa shape index (κ3) is 4.17. The van der Waals surface area contributed by atoms with Crippen LogP contribution in [-0.2, 0) is 33.8 Å². The molecule has 2 aromatic heterocycles. The molecule has 8 heteroatoms. The van der Waals surface area contributed by atoms with Gasteiger partial charge in [0, 0.05) is 11.3 Å². The molecular weight excluding hydrogens is 420 g/mol. The van der Waals surface area contributed by atoms with Gasteiger partial charge in [-0.15, -0.1) is 11.3 Å². The monoisotopic (exact) mass is 444 g/mol. The van der Waals surface area contributed by atoms with Crippen LogP contribution in [0.15, 0.2) is 40.3 Å². The number of nitrogens with zero attached hydrogens (tertiary/aromatic N) is 2. The molecule has 0 spiro atoms. The van der Waals surface area contributed by atoms with Gasteiger partial charge in [-0.25, -0.2) is 4.98 Å². The summed E-state index contributed by atoms with van der Waals surface area (Å²) >= 11 is 2.75. The topological polar surface area (TPSA) is 70.4 Å². The molecule has 0 aliphatic carbocycles. The van der Waals surface area contributed by atoms with E-state index < -0.39 is 0 Å². The fourth-order valence-electron chi connectivity index (χ4n) is 3.57. The minimum absolute atomic E-state index is 0.0573. The summed E-state index contributed by atoms with van der Waals surface area (Å²) in [6.07, 6.45) is 0.829. The molecular formula is C22H24N2O4S2. The first-order chi connectivity index (χ1) is 14.5. The summed E-state index contributed by atoms with van der Waals surface area (Å²) in [5.74, 6) is 0.133. The zero-order valence-electron chi connectivity index (χ0n) is 17.2. The molecule has 0 N–H and O–H groups in total. The van der Waals surface area contributed by atoms with Crippen molar-refractivity contribution in [2.24, 2.45) is 5.92 Å². The second-order valence-electron chi connectivity index (χ2n) is 7.62. The highest BCUT2D eigenvalue weighted by atomic mass is 32.2. The Hall–Kier alpha value is -2.16. The molecule has 3 heterocycles. The quantitative estimate of drug-likeness (QED) is 0.327. The van der Waals surface area contributed by atoms with Gasteiger partial charge in [0.15, 0.2) is 5.16 Å². The Balaban J connectivity index is 1.82. The van der Waals surface area contributed by atoms with Gasteiger partial charge >= 0.3 is 5.97 Å². The highest BCUT2D eigenvalue weighted by molar-refractivity contribution is 7.99. The van der Waals surface area contributed by atoms with E-state index in [1.54, 1.807) is 4.57 Å². The first kappa shape index (κ1) is 21.1. The van der Waals surface area contributed by atoms with Gasteiger partial charge < -0.3 is 9.47 Å². The average Bonchev–Trinajstić information content (AvgIpc) is 3.12. The number of hydrogen-bond acceptors (Lipinski definition) is 7. The first-order valence-corrected chi connectivity index (χ1v) is 11.7. The van der Waals surface area contributed by atoms with E-state index in [0.29, 0.717) is 29.6 Å². The SMILES string of the molecule is COC(=O)CSc1nc2sc3c(c2c(=O)n1Cc1ccccc1)CC(C(C)C)OC3. The Morgan fingerprint density at radius 2 is 2.13 bits per heavy atom. The standard InChI is InChI=1S/C22H24N2O4S2/c1-13(2)16-9-15-17(11-28-16)30-20-19(15)21(26)24(10-14-7-5-4-6-8-14)22(23-20)29-12-18(25)27-3/h4-8,13,16H,9-12H2,1-3H3. The number of carbonyl (C=O) groups excluding carboxylic acids is 1. The maximum Gasteiger partial charge on any atom is 0.316 e. The van der Waals surface area contributed by atoms with Crippen LogP contribution in [0, 0.1) is 5.92 Å². The summed E-state index contributed by atoms with van der Waals surface area (Å²) in [6.45, 7) is 5.19. The van der Waals surface area contributed by atoms with Crippen LogP contribution in [0.5, 0.6) is 0 Å². The van der Waals surface area contributed by atoms with Crippen molar-refractivity contribution < 1.29 is 14.3 Å². The number of thioether (sulfide) groups is 1. The first-order valence-electron chi connectivity index (χ1n) is 9.88. The minimum Gasteiger partial charge on any atom is -0.468 e. The number of ether oxygens (including phenoxy) is 2. The molecule has 158 valence electrons. The highest BCUT2D eigenvalue weighted by Gasteiger charge is 2.28. The Kier molecular flexibility index (Phi) is 6.26. The van der Waals surface area contributed by atoms with Crippen LogP contribution in [0.25, 0.3) is 10.2 Å². The summed E-state index contributed by atoms with van der Waals surface area (Å²) in [5, 5.41) is 1.23. The van der Waals surface area contributed by atoms with E-state index in [1.807, 2.05) is 30.3 Å².